The summed E-state index contributed by atoms with van der Waals surface area (Å²) in [6.45, 7) is 2.24. The van der Waals surface area contributed by atoms with E-state index in [1.54, 1.807) is 20.0 Å². The van der Waals surface area contributed by atoms with Gasteiger partial charge >= 0.3 is 0 Å². The summed E-state index contributed by atoms with van der Waals surface area (Å²) in [6, 6.07) is 12.9. The van der Waals surface area contributed by atoms with Gasteiger partial charge in [-0.3, -0.25) is 4.79 Å². The van der Waals surface area contributed by atoms with Crippen molar-refractivity contribution in [2.45, 2.75) is 18.9 Å². The highest BCUT2D eigenvalue weighted by atomic mass is 16.5. The van der Waals surface area contributed by atoms with Crippen LogP contribution in [0.5, 0.6) is 0 Å². The number of amides is 1. The molecular formula is C22H20N6O3. The number of carbonyl (C=O) groups is 1. The second-order valence-electron chi connectivity index (χ2n) is 7.71. The molecule has 0 bridgehead atoms. The van der Waals surface area contributed by atoms with Gasteiger partial charge in [0.2, 0.25) is 5.60 Å². The van der Waals surface area contributed by atoms with E-state index in [4.69, 9.17) is 10.3 Å². The number of nitrogens with two attached hydrogens (primary N) is 1. The fraction of sp³-hybridized carbons (Fsp3) is 0.227. The highest BCUT2D eigenvalue weighted by Crippen LogP contribution is 2.35. The van der Waals surface area contributed by atoms with E-state index in [9.17, 15) is 9.90 Å². The summed E-state index contributed by atoms with van der Waals surface area (Å²) in [7, 11) is 1.65. The molecule has 1 aliphatic heterocycles. The van der Waals surface area contributed by atoms with Gasteiger partial charge in [0.25, 0.3) is 5.91 Å². The monoisotopic (exact) mass is 416 g/mol. The second kappa shape index (κ2) is 6.85. The minimum absolute atomic E-state index is 0.145. The van der Waals surface area contributed by atoms with Crippen molar-refractivity contribution < 1.29 is 14.4 Å². The van der Waals surface area contributed by atoms with E-state index in [2.05, 4.69) is 20.1 Å². The Morgan fingerprint density at radius 1 is 1.10 bits per heavy atom. The summed E-state index contributed by atoms with van der Waals surface area (Å²) in [6.07, 6.45) is 0.265. The maximum atomic E-state index is 12.3. The van der Waals surface area contributed by atoms with Gasteiger partial charge in [-0.1, -0.05) is 23.4 Å². The number of rotatable bonds is 3. The average Bonchev–Trinajstić information content (AvgIpc) is 3.36. The van der Waals surface area contributed by atoms with E-state index in [1.165, 1.54) is 4.90 Å². The number of carbonyl (C=O) groups excluding carboxylic acids is 1. The molecule has 156 valence electrons. The van der Waals surface area contributed by atoms with Crippen LogP contribution in [-0.2, 0) is 10.4 Å². The van der Waals surface area contributed by atoms with Crippen molar-refractivity contribution in [2.24, 2.45) is 0 Å². The molecule has 1 amide bonds. The van der Waals surface area contributed by atoms with E-state index in [0.29, 0.717) is 40.6 Å². The van der Waals surface area contributed by atoms with Gasteiger partial charge in [-0.25, -0.2) is 15.0 Å². The van der Waals surface area contributed by atoms with Crippen LogP contribution in [0.4, 0.5) is 5.82 Å². The Kier molecular flexibility index (Phi) is 4.23. The van der Waals surface area contributed by atoms with Crippen molar-refractivity contribution in [1.82, 2.24) is 25.0 Å². The number of anilines is 1. The first-order valence-corrected chi connectivity index (χ1v) is 9.82. The van der Waals surface area contributed by atoms with Crippen LogP contribution >= 0.6 is 0 Å². The third-order valence-electron chi connectivity index (χ3n) is 5.56. The van der Waals surface area contributed by atoms with Gasteiger partial charge in [-0.05, 0) is 25.1 Å². The zero-order valence-electron chi connectivity index (χ0n) is 17.0. The number of hydrogen-bond acceptors (Lipinski definition) is 8. The second-order valence-corrected chi connectivity index (χ2v) is 7.71. The van der Waals surface area contributed by atoms with Crippen LogP contribution in [0.3, 0.4) is 0 Å². The minimum atomic E-state index is -1.67. The number of fused-ring (bicyclic) bond motifs is 1. The van der Waals surface area contributed by atoms with Crippen LogP contribution in [0.1, 0.15) is 18.0 Å². The number of nitrogen functional groups attached to an aromatic ring is 1. The predicted molar refractivity (Wildman–Crippen MR) is 114 cm³/mol. The lowest BCUT2D eigenvalue weighted by molar-refractivity contribution is -0.144. The molecule has 0 radical (unpaired) electrons. The SMILES string of the molecule is Cc1nc(N)c2nc(-c3cccc(-c4cc(C5(O)CCN(C)C5=O)on4)c3)ccc2n1. The third kappa shape index (κ3) is 3.10. The Labute approximate surface area is 177 Å². The molecule has 1 aromatic carbocycles. The van der Waals surface area contributed by atoms with Gasteiger partial charge in [0.15, 0.2) is 11.6 Å². The molecular weight excluding hydrogens is 396 g/mol. The van der Waals surface area contributed by atoms with Crippen LogP contribution in [0.15, 0.2) is 47.0 Å². The lowest BCUT2D eigenvalue weighted by atomic mass is 9.97. The minimum Gasteiger partial charge on any atom is -0.382 e. The predicted octanol–water partition coefficient (Wildman–Crippen LogP) is 2.29. The molecule has 1 atom stereocenters. The number of benzene rings is 1. The Balaban J connectivity index is 1.51. The first kappa shape index (κ1) is 19.1. The van der Waals surface area contributed by atoms with E-state index < -0.39 is 5.60 Å². The van der Waals surface area contributed by atoms with Crippen molar-refractivity contribution in [3.63, 3.8) is 0 Å². The van der Waals surface area contributed by atoms with Crippen molar-refractivity contribution in [2.75, 3.05) is 19.3 Å². The maximum absolute atomic E-state index is 12.3. The summed E-state index contributed by atoms with van der Waals surface area (Å²) in [5.74, 6) is 0.684. The molecule has 4 heterocycles. The van der Waals surface area contributed by atoms with Crippen molar-refractivity contribution in [3.05, 3.63) is 54.0 Å². The number of hydrogen-bond donors (Lipinski definition) is 2. The molecule has 0 saturated carbocycles. The Morgan fingerprint density at radius 2 is 1.87 bits per heavy atom. The van der Waals surface area contributed by atoms with Gasteiger partial charge in [-0.2, -0.15) is 0 Å². The topological polar surface area (TPSA) is 131 Å². The fourth-order valence-electron chi connectivity index (χ4n) is 3.84. The largest absolute Gasteiger partial charge is 0.382 e. The molecule has 4 aromatic rings. The molecule has 1 unspecified atom stereocenters. The van der Waals surface area contributed by atoms with Gasteiger partial charge < -0.3 is 20.3 Å². The Bertz CT molecular complexity index is 1330. The molecule has 1 saturated heterocycles. The molecule has 31 heavy (non-hydrogen) atoms. The molecule has 5 rings (SSSR count). The number of nitrogens with zero attached hydrogens (tertiary/aromatic N) is 5. The number of likely N-dealkylation sites (tertiary alicyclic amines) is 1. The first-order chi connectivity index (χ1) is 14.8. The zero-order chi connectivity index (χ0) is 21.8. The smallest absolute Gasteiger partial charge is 0.262 e. The molecule has 0 spiro atoms. The molecule has 9 nitrogen and oxygen atoms in total. The summed E-state index contributed by atoms with van der Waals surface area (Å²) >= 11 is 0. The Hall–Kier alpha value is -3.85. The molecule has 3 aromatic heterocycles. The summed E-state index contributed by atoms with van der Waals surface area (Å²) in [4.78, 5) is 27.0. The highest BCUT2D eigenvalue weighted by molar-refractivity contribution is 5.88. The van der Waals surface area contributed by atoms with Crippen molar-refractivity contribution >= 4 is 22.8 Å². The van der Waals surface area contributed by atoms with Gasteiger partial charge in [0, 0.05) is 37.2 Å². The van der Waals surface area contributed by atoms with Crippen molar-refractivity contribution in [1.29, 1.82) is 0 Å². The molecule has 3 N–H and O–H groups in total. The normalized spacial score (nSPS) is 18.8. The summed E-state index contributed by atoms with van der Waals surface area (Å²) < 4.78 is 5.36. The Morgan fingerprint density at radius 3 is 2.61 bits per heavy atom. The standard InChI is InChI=1S/C22H20N6O3/c1-12-24-16-7-6-15(26-19(16)20(23)25-12)13-4-3-5-14(10-13)17-11-18(31-27-17)22(30)8-9-28(2)21(22)29/h3-7,10-11,30H,8-9H2,1-2H3,(H2,23,24,25). The van der Waals surface area contributed by atoms with Gasteiger partial charge in [0.1, 0.15) is 17.0 Å². The first-order valence-electron chi connectivity index (χ1n) is 9.82. The van der Waals surface area contributed by atoms with Crippen LogP contribution in [0, 0.1) is 6.92 Å². The van der Waals surface area contributed by atoms with E-state index in [0.717, 1.165) is 11.1 Å². The molecule has 1 fully saturated rings. The molecule has 9 heteroatoms. The number of likely N-dealkylation sites (N-methyl/N-ethyl adjacent to an activating group) is 1. The highest BCUT2D eigenvalue weighted by Gasteiger charge is 2.48. The number of aromatic nitrogens is 4. The van der Waals surface area contributed by atoms with Crippen LogP contribution in [0.2, 0.25) is 0 Å². The quantitative estimate of drug-likeness (QED) is 0.520. The van der Waals surface area contributed by atoms with E-state index in [1.807, 2.05) is 36.4 Å². The summed E-state index contributed by atoms with van der Waals surface area (Å²) in [5, 5.41) is 14.9. The van der Waals surface area contributed by atoms with Crippen molar-refractivity contribution in [3.8, 4) is 22.5 Å². The lowest BCUT2D eigenvalue weighted by Gasteiger charge is -2.16. The van der Waals surface area contributed by atoms with Gasteiger partial charge in [0.05, 0.1) is 11.2 Å². The molecule has 0 aliphatic carbocycles. The van der Waals surface area contributed by atoms with E-state index in [-0.39, 0.29) is 18.1 Å². The third-order valence-corrected chi connectivity index (χ3v) is 5.56. The van der Waals surface area contributed by atoms with Gasteiger partial charge in [-0.15, -0.1) is 0 Å². The van der Waals surface area contributed by atoms with Crippen LogP contribution in [-0.4, -0.2) is 49.6 Å². The molecule has 1 aliphatic rings. The lowest BCUT2D eigenvalue weighted by Crippen LogP contribution is -2.35. The fourth-order valence-corrected chi connectivity index (χ4v) is 3.84. The number of pyridine rings is 1. The number of aryl methyl sites for hydroxylation is 1. The van der Waals surface area contributed by atoms with E-state index >= 15 is 0 Å². The van der Waals surface area contributed by atoms with Crippen LogP contribution in [0.25, 0.3) is 33.5 Å². The summed E-state index contributed by atoms with van der Waals surface area (Å²) in [5.41, 5.74) is 8.43. The number of aliphatic hydroxyl groups is 1. The maximum Gasteiger partial charge on any atom is 0.262 e. The van der Waals surface area contributed by atoms with Crippen LogP contribution < -0.4 is 5.73 Å². The average molecular weight is 416 g/mol. The zero-order valence-corrected chi connectivity index (χ0v) is 17.0.